The van der Waals surface area contributed by atoms with Gasteiger partial charge in [-0.25, -0.2) is 14.6 Å². The van der Waals surface area contributed by atoms with Crippen LogP contribution in [0.3, 0.4) is 0 Å². The van der Waals surface area contributed by atoms with Crippen LogP contribution in [0.1, 0.15) is 11.1 Å². The first-order valence-corrected chi connectivity index (χ1v) is 7.82. The number of nitrogens with one attached hydrogen (secondary N) is 1. The van der Waals surface area contributed by atoms with Gasteiger partial charge in [0.05, 0.1) is 12.8 Å². The number of aromatic nitrogens is 5. The second kappa shape index (κ2) is 6.88. The van der Waals surface area contributed by atoms with Crippen LogP contribution in [0.5, 0.6) is 0 Å². The van der Waals surface area contributed by atoms with Crippen LogP contribution in [0.25, 0.3) is 11.2 Å². The van der Waals surface area contributed by atoms with Gasteiger partial charge in [0.2, 0.25) is 0 Å². The lowest BCUT2D eigenvalue weighted by Crippen LogP contribution is -2.03. The molecule has 0 saturated heterocycles. The molecule has 2 aromatic carbocycles. The molecule has 1 N–H and O–H groups in total. The molecular formula is C18H15N7. The van der Waals surface area contributed by atoms with Crippen molar-refractivity contribution >= 4 is 23.2 Å². The van der Waals surface area contributed by atoms with E-state index in [9.17, 15) is 0 Å². The van der Waals surface area contributed by atoms with E-state index in [1.54, 1.807) is 10.9 Å². The summed E-state index contributed by atoms with van der Waals surface area (Å²) in [4.78, 5) is 8.51. The van der Waals surface area contributed by atoms with E-state index >= 15 is 0 Å². The number of benzene rings is 2. The summed E-state index contributed by atoms with van der Waals surface area (Å²) in [5.41, 5.74) is 6.29. The van der Waals surface area contributed by atoms with E-state index in [1.807, 2.05) is 60.7 Å². The molecule has 0 amide bonds. The Morgan fingerprint density at radius 2 is 1.72 bits per heavy atom. The molecule has 4 rings (SSSR count). The third kappa shape index (κ3) is 3.35. The number of fused-ring (bicyclic) bond motifs is 1. The number of hydrogen-bond acceptors (Lipinski definition) is 6. The summed E-state index contributed by atoms with van der Waals surface area (Å²) in [7, 11) is 0. The van der Waals surface area contributed by atoms with Gasteiger partial charge in [-0.3, -0.25) is 5.43 Å². The normalized spacial score (nSPS) is 11.2. The molecule has 0 aliphatic heterocycles. The van der Waals surface area contributed by atoms with Crippen LogP contribution in [-0.2, 0) is 6.54 Å². The van der Waals surface area contributed by atoms with Gasteiger partial charge in [0, 0.05) is 0 Å². The number of hydrogen-bond donors (Lipinski definition) is 1. The highest BCUT2D eigenvalue weighted by atomic mass is 15.5. The molecule has 0 fully saturated rings. The predicted molar refractivity (Wildman–Crippen MR) is 96.3 cm³/mol. The minimum atomic E-state index is 0.525. The van der Waals surface area contributed by atoms with E-state index in [2.05, 4.69) is 30.8 Å². The SMILES string of the molecule is C(=N\Nc1ncnc2c1nnn2Cc1ccccc1)/c1ccccc1. The number of rotatable bonds is 5. The first-order valence-electron chi connectivity index (χ1n) is 7.82. The molecule has 0 saturated carbocycles. The molecule has 4 aromatic rings. The summed E-state index contributed by atoms with van der Waals surface area (Å²) in [6.45, 7) is 0.598. The van der Waals surface area contributed by atoms with Crippen molar-refractivity contribution in [2.24, 2.45) is 5.10 Å². The van der Waals surface area contributed by atoms with E-state index in [-0.39, 0.29) is 0 Å². The molecule has 2 heterocycles. The van der Waals surface area contributed by atoms with Crippen molar-refractivity contribution in [1.82, 2.24) is 25.0 Å². The largest absolute Gasteiger partial charge is 0.259 e. The predicted octanol–water partition coefficient (Wildman–Crippen LogP) is 2.72. The van der Waals surface area contributed by atoms with Gasteiger partial charge in [-0.15, -0.1) is 5.10 Å². The molecule has 0 aliphatic carbocycles. The molecule has 0 bridgehead atoms. The van der Waals surface area contributed by atoms with Crippen molar-refractivity contribution in [2.45, 2.75) is 6.54 Å². The van der Waals surface area contributed by atoms with Gasteiger partial charge >= 0.3 is 0 Å². The van der Waals surface area contributed by atoms with Crippen LogP contribution in [0, 0.1) is 0 Å². The molecular weight excluding hydrogens is 314 g/mol. The molecule has 7 heteroatoms. The fourth-order valence-corrected chi connectivity index (χ4v) is 2.44. The minimum Gasteiger partial charge on any atom is -0.259 e. The second-order valence-electron chi connectivity index (χ2n) is 5.41. The molecule has 0 radical (unpaired) electrons. The molecule has 2 aromatic heterocycles. The Morgan fingerprint density at radius 3 is 2.52 bits per heavy atom. The molecule has 0 atom stereocenters. The van der Waals surface area contributed by atoms with Crippen LogP contribution in [0.2, 0.25) is 0 Å². The molecule has 7 nitrogen and oxygen atoms in total. The first-order chi connectivity index (χ1) is 12.4. The van der Waals surface area contributed by atoms with Gasteiger partial charge in [-0.2, -0.15) is 5.10 Å². The van der Waals surface area contributed by atoms with Crippen LogP contribution in [0.4, 0.5) is 5.82 Å². The lowest BCUT2D eigenvalue weighted by molar-refractivity contribution is 0.664. The average molecular weight is 329 g/mol. The molecule has 122 valence electrons. The standard InChI is InChI=1S/C18H15N7/c1-3-7-14(8-4-1)11-21-23-17-16-18(20-13-19-17)25(24-22-16)12-15-9-5-2-6-10-15/h1-11,13H,12H2,(H,19,20,23)/b21-11+. The maximum absolute atomic E-state index is 4.30. The van der Waals surface area contributed by atoms with Crippen molar-refractivity contribution in [1.29, 1.82) is 0 Å². The number of nitrogens with zero attached hydrogens (tertiary/aromatic N) is 6. The van der Waals surface area contributed by atoms with Crippen LogP contribution >= 0.6 is 0 Å². The zero-order chi connectivity index (χ0) is 16.9. The summed E-state index contributed by atoms with van der Waals surface area (Å²) >= 11 is 0. The third-order valence-electron chi connectivity index (χ3n) is 3.66. The summed E-state index contributed by atoms with van der Waals surface area (Å²) in [6.07, 6.45) is 3.20. The van der Waals surface area contributed by atoms with Gasteiger partial charge < -0.3 is 0 Å². The third-order valence-corrected chi connectivity index (χ3v) is 3.66. The Hall–Kier alpha value is -3.61. The Kier molecular flexibility index (Phi) is 4.11. The smallest absolute Gasteiger partial charge is 0.184 e. The fourth-order valence-electron chi connectivity index (χ4n) is 2.44. The van der Waals surface area contributed by atoms with Crippen molar-refractivity contribution in [3.8, 4) is 0 Å². The Morgan fingerprint density at radius 1 is 0.960 bits per heavy atom. The van der Waals surface area contributed by atoms with E-state index < -0.39 is 0 Å². The molecule has 0 spiro atoms. The van der Waals surface area contributed by atoms with Gasteiger partial charge in [-0.05, 0) is 11.1 Å². The van der Waals surface area contributed by atoms with E-state index in [1.165, 1.54) is 6.33 Å². The minimum absolute atomic E-state index is 0.525. The summed E-state index contributed by atoms with van der Waals surface area (Å²) in [5.74, 6) is 0.525. The summed E-state index contributed by atoms with van der Waals surface area (Å²) in [6, 6.07) is 19.9. The van der Waals surface area contributed by atoms with Crippen molar-refractivity contribution < 1.29 is 0 Å². The van der Waals surface area contributed by atoms with Crippen LogP contribution < -0.4 is 5.43 Å². The summed E-state index contributed by atoms with van der Waals surface area (Å²) < 4.78 is 1.75. The van der Waals surface area contributed by atoms with E-state index in [4.69, 9.17) is 0 Å². The maximum atomic E-state index is 4.30. The zero-order valence-electron chi connectivity index (χ0n) is 13.3. The Labute approximate surface area is 144 Å². The molecule has 0 unspecified atom stereocenters. The van der Waals surface area contributed by atoms with Gasteiger partial charge in [-0.1, -0.05) is 65.9 Å². The van der Waals surface area contributed by atoms with E-state index in [0.29, 0.717) is 23.5 Å². The Balaban J connectivity index is 1.57. The highest BCUT2D eigenvalue weighted by Gasteiger charge is 2.11. The van der Waals surface area contributed by atoms with Crippen LogP contribution in [-0.4, -0.2) is 31.2 Å². The highest BCUT2D eigenvalue weighted by Crippen LogP contribution is 2.16. The average Bonchev–Trinajstić information content (AvgIpc) is 3.07. The lowest BCUT2D eigenvalue weighted by atomic mass is 10.2. The van der Waals surface area contributed by atoms with Crippen molar-refractivity contribution in [3.63, 3.8) is 0 Å². The topological polar surface area (TPSA) is 80.9 Å². The first kappa shape index (κ1) is 14.9. The molecule has 25 heavy (non-hydrogen) atoms. The zero-order valence-corrected chi connectivity index (χ0v) is 13.3. The fraction of sp³-hybridized carbons (Fsp3) is 0.0556. The van der Waals surface area contributed by atoms with Crippen molar-refractivity contribution in [2.75, 3.05) is 5.43 Å². The number of anilines is 1. The monoisotopic (exact) mass is 329 g/mol. The van der Waals surface area contributed by atoms with Gasteiger partial charge in [0.1, 0.15) is 6.33 Å². The lowest BCUT2D eigenvalue weighted by Gasteiger charge is -2.02. The van der Waals surface area contributed by atoms with Crippen LogP contribution in [0.15, 0.2) is 72.1 Å². The summed E-state index contributed by atoms with van der Waals surface area (Å²) in [5, 5.41) is 12.6. The number of hydrazone groups is 1. The second-order valence-corrected chi connectivity index (χ2v) is 5.41. The Bertz CT molecular complexity index is 994. The van der Waals surface area contributed by atoms with Gasteiger partial charge in [0.25, 0.3) is 0 Å². The van der Waals surface area contributed by atoms with E-state index in [0.717, 1.165) is 11.1 Å². The quantitative estimate of drug-likeness (QED) is 0.450. The van der Waals surface area contributed by atoms with Gasteiger partial charge in [0.15, 0.2) is 17.0 Å². The highest BCUT2D eigenvalue weighted by molar-refractivity contribution is 5.84. The van der Waals surface area contributed by atoms with Crippen molar-refractivity contribution in [3.05, 3.63) is 78.1 Å². The maximum Gasteiger partial charge on any atom is 0.184 e. The molecule has 0 aliphatic rings.